The number of hydrogen-bond acceptors (Lipinski definition) is 5. The van der Waals surface area contributed by atoms with E-state index in [0.29, 0.717) is 0 Å². The second-order valence-electron chi connectivity index (χ2n) is 5.62. The number of nitrogens with zero attached hydrogens (tertiary/aromatic N) is 1. The van der Waals surface area contributed by atoms with E-state index in [2.05, 4.69) is 22.3 Å². The molecule has 8 heteroatoms. The second-order valence-corrected chi connectivity index (χ2v) is 7.14. The van der Waals surface area contributed by atoms with E-state index in [1.165, 1.54) is 5.56 Å². The van der Waals surface area contributed by atoms with E-state index >= 15 is 0 Å². The first-order valence-corrected chi connectivity index (χ1v) is 8.99. The van der Waals surface area contributed by atoms with Crippen LogP contribution in [0.3, 0.4) is 0 Å². The van der Waals surface area contributed by atoms with Gasteiger partial charge in [0.25, 0.3) is 0 Å². The van der Waals surface area contributed by atoms with E-state index in [-0.39, 0.29) is 47.9 Å². The van der Waals surface area contributed by atoms with E-state index in [1.807, 2.05) is 18.2 Å². The number of benzene rings is 1. The average Bonchev–Trinajstić information content (AvgIpc) is 2.48. The Morgan fingerprint density at radius 1 is 1.22 bits per heavy atom. The van der Waals surface area contributed by atoms with Crippen molar-refractivity contribution in [2.75, 3.05) is 18.8 Å². The van der Waals surface area contributed by atoms with Gasteiger partial charge in [0, 0.05) is 37.8 Å². The number of amides is 1. The van der Waals surface area contributed by atoms with Crippen molar-refractivity contribution in [3.8, 4) is 0 Å². The van der Waals surface area contributed by atoms with Crippen LogP contribution >= 0.6 is 0 Å². The maximum atomic E-state index is 11.6. The van der Waals surface area contributed by atoms with E-state index in [9.17, 15) is 17.8 Å². The van der Waals surface area contributed by atoms with Gasteiger partial charge in [-0.1, -0.05) is 30.3 Å². The Kier molecular flexibility index (Phi) is 8.74. The maximum Gasteiger partial charge on any atom is 1.00 e. The summed E-state index contributed by atoms with van der Waals surface area (Å²) in [5.74, 6) is -0.993. The van der Waals surface area contributed by atoms with Crippen LogP contribution in [0.15, 0.2) is 30.3 Å². The van der Waals surface area contributed by atoms with E-state index in [4.69, 9.17) is 0 Å². The van der Waals surface area contributed by atoms with Crippen LogP contribution in [-0.2, 0) is 21.5 Å². The Hall–Kier alpha value is -0.440. The van der Waals surface area contributed by atoms with Crippen LogP contribution in [0.5, 0.6) is 0 Å². The summed E-state index contributed by atoms with van der Waals surface area (Å²) in [7, 11) is -4.32. The third-order valence-electron chi connectivity index (χ3n) is 3.78. The van der Waals surface area contributed by atoms with Gasteiger partial charge in [0.05, 0.1) is 10.1 Å². The zero-order chi connectivity index (χ0) is 16.0. The minimum Gasteiger partial charge on any atom is -0.748 e. The number of carbonyl (C=O) groups is 1. The molecule has 1 fully saturated rings. The number of likely N-dealkylation sites (tertiary alicyclic amines) is 1. The van der Waals surface area contributed by atoms with Crippen molar-refractivity contribution in [1.29, 1.82) is 0 Å². The predicted molar refractivity (Wildman–Crippen MR) is 82.1 cm³/mol. The van der Waals surface area contributed by atoms with Crippen LogP contribution < -0.4 is 34.9 Å². The van der Waals surface area contributed by atoms with Crippen molar-refractivity contribution in [3.05, 3.63) is 35.9 Å². The third kappa shape index (κ3) is 8.28. The average molecular weight is 348 g/mol. The topological polar surface area (TPSA) is 89.5 Å². The first kappa shape index (κ1) is 20.6. The van der Waals surface area contributed by atoms with Gasteiger partial charge in [0.2, 0.25) is 5.91 Å². The quantitative estimate of drug-likeness (QED) is 0.462. The SMILES string of the molecule is O=C(CCS(=O)(=O)[O-])NC1CCN(Cc2ccccc2)CC1.[Na+]. The molecule has 1 aliphatic heterocycles. The summed E-state index contributed by atoms with van der Waals surface area (Å²) >= 11 is 0. The minimum absolute atomic E-state index is 0. The summed E-state index contributed by atoms with van der Waals surface area (Å²) in [5.41, 5.74) is 1.27. The fourth-order valence-electron chi connectivity index (χ4n) is 2.59. The summed E-state index contributed by atoms with van der Waals surface area (Å²) in [6.07, 6.45) is 1.42. The Morgan fingerprint density at radius 2 is 1.83 bits per heavy atom. The number of hydrogen-bond donors (Lipinski definition) is 1. The largest absolute Gasteiger partial charge is 1.00 e. The molecule has 1 heterocycles. The van der Waals surface area contributed by atoms with Gasteiger partial charge < -0.3 is 9.87 Å². The molecule has 0 atom stereocenters. The molecule has 1 aliphatic rings. The standard InChI is InChI=1S/C15H22N2O4S.Na/c18-15(8-11-22(19,20)21)16-14-6-9-17(10-7-14)12-13-4-2-1-3-5-13;/h1-5,14H,6-12H2,(H,16,18)(H,19,20,21);/q;+1/p-1. The Morgan fingerprint density at radius 3 is 2.39 bits per heavy atom. The fourth-order valence-corrected chi connectivity index (χ4v) is 3.03. The Bertz CT molecular complexity index is 587. The van der Waals surface area contributed by atoms with Gasteiger partial charge in [-0.25, -0.2) is 8.42 Å². The molecule has 0 bridgehead atoms. The van der Waals surface area contributed by atoms with Gasteiger partial charge in [-0.2, -0.15) is 0 Å². The van der Waals surface area contributed by atoms with Gasteiger partial charge in [-0.15, -0.1) is 0 Å². The summed E-state index contributed by atoms with van der Waals surface area (Å²) in [6.45, 7) is 2.68. The minimum atomic E-state index is -4.32. The molecule has 1 saturated heterocycles. The van der Waals surface area contributed by atoms with Gasteiger partial charge in [0.15, 0.2) is 0 Å². The molecule has 0 aromatic heterocycles. The normalized spacial score (nSPS) is 16.6. The zero-order valence-electron chi connectivity index (χ0n) is 13.4. The van der Waals surface area contributed by atoms with E-state index in [1.54, 1.807) is 0 Å². The number of nitrogens with one attached hydrogen (secondary N) is 1. The first-order chi connectivity index (χ1) is 10.4. The maximum absolute atomic E-state index is 11.6. The second kappa shape index (κ2) is 9.76. The van der Waals surface area contributed by atoms with E-state index in [0.717, 1.165) is 32.5 Å². The van der Waals surface area contributed by atoms with Crippen LogP contribution in [0.25, 0.3) is 0 Å². The van der Waals surface area contributed by atoms with Crippen LogP contribution in [0.4, 0.5) is 0 Å². The molecule has 0 aliphatic carbocycles. The van der Waals surface area contributed by atoms with Crippen molar-refractivity contribution in [2.24, 2.45) is 0 Å². The van der Waals surface area contributed by atoms with Crippen LogP contribution in [0.1, 0.15) is 24.8 Å². The fraction of sp³-hybridized carbons (Fsp3) is 0.533. The molecule has 6 nitrogen and oxygen atoms in total. The van der Waals surface area contributed by atoms with E-state index < -0.39 is 15.9 Å². The molecule has 2 rings (SSSR count). The molecule has 23 heavy (non-hydrogen) atoms. The van der Waals surface area contributed by atoms with Crippen molar-refractivity contribution >= 4 is 16.0 Å². The van der Waals surface area contributed by atoms with Crippen LogP contribution in [0, 0.1) is 0 Å². The zero-order valence-corrected chi connectivity index (χ0v) is 16.2. The Balaban J connectivity index is 0.00000264. The molecule has 0 saturated carbocycles. The number of piperidine rings is 1. The van der Waals surface area contributed by atoms with Gasteiger partial charge in [-0.05, 0) is 18.4 Å². The number of rotatable bonds is 6. The monoisotopic (exact) mass is 348 g/mol. The molecular formula is C15H21N2NaO4S. The van der Waals surface area contributed by atoms with Gasteiger partial charge in [-0.3, -0.25) is 9.69 Å². The van der Waals surface area contributed by atoms with Crippen LogP contribution in [-0.4, -0.2) is 48.7 Å². The molecule has 0 spiro atoms. The van der Waals surface area contributed by atoms with Crippen molar-refractivity contribution < 1.29 is 47.3 Å². The molecule has 0 unspecified atom stereocenters. The van der Waals surface area contributed by atoms with Crippen molar-refractivity contribution in [1.82, 2.24) is 10.2 Å². The molecule has 1 aromatic carbocycles. The molecule has 0 radical (unpaired) electrons. The molecule has 1 aromatic rings. The molecule has 122 valence electrons. The third-order valence-corrected chi connectivity index (χ3v) is 4.48. The molecular weight excluding hydrogens is 327 g/mol. The van der Waals surface area contributed by atoms with Crippen molar-refractivity contribution in [3.63, 3.8) is 0 Å². The summed E-state index contributed by atoms with van der Waals surface area (Å²) in [4.78, 5) is 13.9. The van der Waals surface area contributed by atoms with Crippen molar-refractivity contribution in [2.45, 2.75) is 31.8 Å². The smallest absolute Gasteiger partial charge is 0.748 e. The first-order valence-electron chi connectivity index (χ1n) is 7.41. The summed E-state index contributed by atoms with van der Waals surface area (Å²) in [5, 5.41) is 2.81. The summed E-state index contributed by atoms with van der Waals surface area (Å²) < 4.78 is 31.5. The molecule has 1 N–H and O–H groups in total. The van der Waals surface area contributed by atoms with Gasteiger partial charge in [0.1, 0.15) is 0 Å². The molecule has 1 amide bonds. The van der Waals surface area contributed by atoms with Gasteiger partial charge >= 0.3 is 29.6 Å². The Labute approximate surface area is 159 Å². The number of carbonyl (C=O) groups excluding carboxylic acids is 1. The summed E-state index contributed by atoms with van der Waals surface area (Å²) in [6, 6.07) is 10.3. The predicted octanol–water partition coefficient (Wildman–Crippen LogP) is -2.29. The van der Waals surface area contributed by atoms with Crippen LogP contribution in [0.2, 0.25) is 0 Å².